The molecule has 3 heterocycles. The maximum absolute atomic E-state index is 14.5. The van der Waals surface area contributed by atoms with Gasteiger partial charge in [0.15, 0.2) is 11.6 Å². The summed E-state index contributed by atoms with van der Waals surface area (Å²) in [5.74, 6) is -0.238. The second-order valence-corrected chi connectivity index (χ2v) is 7.44. The lowest BCUT2D eigenvalue weighted by Crippen LogP contribution is -2.46. The smallest absolute Gasteiger partial charge is 0.237 e. The third-order valence-electron chi connectivity index (χ3n) is 4.91. The van der Waals surface area contributed by atoms with E-state index in [1.165, 1.54) is 19.2 Å². The number of hydrogen-bond acceptors (Lipinski definition) is 7. The molecule has 0 saturated carbocycles. The first-order chi connectivity index (χ1) is 14.9. The van der Waals surface area contributed by atoms with Crippen LogP contribution in [0.4, 0.5) is 26.2 Å². The minimum absolute atomic E-state index is 0.00755. The Morgan fingerprint density at radius 2 is 1.74 bits per heavy atom. The summed E-state index contributed by atoms with van der Waals surface area (Å²) >= 11 is 0. The van der Waals surface area contributed by atoms with Crippen molar-refractivity contribution in [3.63, 3.8) is 0 Å². The zero-order valence-electron chi connectivity index (χ0n) is 17.5. The lowest BCUT2D eigenvalue weighted by Gasteiger charge is -2.35. The van der Waals surface area contributed by atoms with E-state index in [4.69, 9.17) is 9.47 Å². The quantitative estimate of drug-likeness (QED) is 0.655. The molecule has 31 heavy (non-hydrogen) atoms. The first-order valence-electron chi connectivity index (χ1n) is 9.93. The summed E-state index contributed by atoms with van der Waals surface area (Å²) in [5.41, 5.74) is 1.91. The van der Waals surface area contributed by atoms with E-state index in [2.05, 4.69) is 20.3 Å². The molecule has 1 saturated heterocycles. The van der Waals surface area contributed by atoms with Crippen molar-refractivity contribution in [1.29, 1.82) is 0 Å². The third kappa shape index (κ3) is 4.72. The van der Waals surface area contributed by atoms with E-state index < -0.39 is 5.82 Å². The van der Waals surface area contributed by atoms with Gasteiger partial charge in [0.2, 0.25) is 11.8 Å². The van der Waals surface area contributed by atoms with Gasteiger partial charge in [-0.2, -0.15) is 4.98 Å². The number of rotatable bonds is 5. The van der Waals surface area contributed by atoms with E-state index >= 15 is 0 Å². The summed E-state index contributed by atoms with van der Waals surface area (Å²) in [5, 5.41) is 2.97. The van der Waals surface area contributed by atoms with Gasteiger partial charge in [0.1, 0.15) is 11.5 Å². The fourth-order valence-electron chi connectivity index (χ4n) is 3.57. The normalized spacial score (nSPS) is 18.7. The highest BCUT2D eigenvalue weighted by Crippen LogP contribution is 2.31. The average molecular weight is 427 g/mol. The molecular weight excluding hydrogens is 404 g/mol. The van der Waals surface area contributed by atoms with E-state index in [0.717, 1.165) is 11.8 Å². The Morgan fingerprint density at radius 3 is 2.42 bits per heavy atom. The Labute approximate surface area is 179 Å². The van der Waals surface area contributed by atoms with Crippen molar-refractivity contribution in [3.8, 4) is 17.0 Å². The van der Waals surface area contributed by atoms with Gasteiger partial charge >= 0.3 is 0 Å². The number of anilines is 3. The average Bonchev–Trinajstić information content (AvgIpc) is 2.75. The van der Waals surface area contributed by atoms with Crippen molar-refractivity contribution in [2.24, 2.45) is 0 Å². The molecule has 9 heteroatoms. The van der Waals surface area contributed by atoms with Crippen molar-refractivity contribution in [3.05, 3.63) is 54.4 Å². The highest BCUT2D eigenvalue weighted by atomic mass is 19.1. The number of nitrogens with zero attached hydrogens (tertiary/aromatic N) is 4. The van der Waals surface area contributed by atoms with E-state index in [1.807, 2.05) is 18.7 Å². The minimum Gasteiger partial charge on any atom is -0.480 e. The van der Waals surface area contributed by atoms with Crippen LogP contribution in [0.3, 0.4) is 0 Å². The predicted molar refractivity (Wildman–Crippen MR) is 114 cm³/mol. The SMILES string of the molecule is COc1ncc(-c2ccc(F)cc2)cc1Nc1nc(N2C[C@@H](C)O[C@@H](C)C2)ncc1F. The standard InChI is InChI=1S/C22H23F2N5O2/c1-13-11-29(12-14(2)31-13)22-26-10-18(24)20(28-22)27-19-8-16(9-25-21(19)30-3)15-4-6-17(23)7-5-15/h4-10,13-14H,11-12H2,1-3H3,(H,26,27,28)/t13-,14+. The maximum atomic E-state index is 14.5. The van der Waals surface area contributed by atoms with Crippen LogP contribution in [0.25, 0.3) is 11.1 Å². The van der Waals surface area contributed by atoms with Crippen LogP contribution in [0.5, 0.6) is 5.88 Å². The van der Waals surface area contributed by atoms with Crippen LogP contribution in [-0.2, 0) is 4.74 Å². The number of halogens is 2. The Hall–Kier alpha value is -3.33. The molecule has 0 bridgehead atoms. The molecule has 0 unspecified atom stereocenters. The third-order valence-corrected chi connectivity index (χ3v) is 4.91. The summed E-state index contributed by atoms with van der Waals surface area (Å²) in [7, 11) is 1.48. The molecule has 2 aromatic heterocycles. The van der Waals surface area contributed by atoms with Gasteiger partial charge in [-0.15, -0.1) is 0 Å². The van der Waals surface area contributed by atoms with Crippen molar-refractivity contribution >= 4 is 17.5 Å². The first kappa shape index (κ1) is 20.9. The van der Waals surface area contributed by atoms with Crippen LogP contribution in [0.2, 0.25) is 0 Å². The lowest BCUT2D eigenvalue weighted by molar-refractivity contribution is -0.00572. The Kier molecular flexibility index (Phi) is 5.94. The molecule has 2 atom stereocenters. The van der Waals surface area contributed by atoms with Crippen molar-refractivity contribution in [2.45, 2.75) is 26.1 Å². The number of hydrogen-bond donors (Lipinski definition) is 1. The Balaban J connectivity index is 1.65. The fourth-order valence-corrected chi connectivity index (χ4v) is 3.57. The molecule has 4 rings (SSSR count). The Morgan fingerprint density at radius 1 is 1.03 bits per heavy atom. The second-order valence-electron chi connectivity index (χ2n) is 7.44. The molecule has 3 aromatic rings. The molecule has 0 amide bonds. The predicted octanol–water partition coefficient (Wildman–Crippen LogP) is 4.18. The maximum Gasteiger partial charge on any atom is 0.237 e. The van der Waals surface area contributed by atoms with Crippen molar-refractivity contribution in [1.82, 2.24) is 15.0 Å². The largest absolute Gasteiger partial charge is 0.480 e. The van der Waals surface area contributed by atoms with E-state index in [0.29, 0.717) is 30.3 Å². The summed E-state index contributed by atoms with van der Waals surface area (Å²) in [6.45, 7) is 5.17. The van der Waals surface area contributed by atoms with Crippen LogP contribution in [0.15, 0.2) is 42.7 Å². The van der Waals surface area contributed by atoms with Gasteiger partial charge in [-0.1, -0.05) is 12.1 Å². The van der Waals surface area contributed by atoms with Crippen molar-refractivity contribution < 1.29 is 18.3 Å². The van der Waals surface area contributed by atoms with Crippen LogP contribution < -0.4 is 15.0 Å². The van der Waals surface area contributed by atoms with Gasteiger partial charge in [-0.05, 0) is 37.6 Å². The molecule has 1 N–H and O–H groups in total. The molecule has 7 nitrogen and oxygen atoms in total. The molecule has 1 aliphatic heterocycles. The van der Waals surface area contributed by atoms with E-state index in [9.17, 15) is 8.78 Å². The van der Waals surface area contributed by atoms with Crippen molar-refractivity contribution in [2.75, 3.05) is 30.4 Å². The number of benzene rings is 1. The van der Waals surface area contributed by atoms with Gasteiger partial charge in [-0.25, -0.2) is 18.7 Å². The molecule has 162 valence electrons. The molecule has 1 fully saturated rings. The zero-order chi connectivity index (χ0) is 22.0. The van der Waals surface area contributed by atoms with Crippen LogP contribution in [-0.4, -0.2) is 47.4 Å². The van der Waals surface area contributed by atoms with Gasteiger partial charge in [0.05, 0.1) is 25.5 Å². The molecule has 0 spiro atoms. The van der Waals surface area contributed by atoms with Gasteiger partial charge in [0, 0.05) is 24.8 Å². The molecule has 1 aromatic carbocycles. The number of ether oxygens (including phenoxy) is 2. The first-order valence-corrected chi connectivity index (χ1v) is 9.93. The monoisotopic (exact) mass is 427 g/mol. The van der Waals surface area contributed by atoms with Crippen LogP contribution >= 0.6 is 0 Å². The summed E-state index contributed by atoms with van der Waals surface area (Å²) in [6.07, 6.45) is 2.78. The highest BCUT2D eigenvalue weighted by molar-refractivity contribution is 5.72. The molecule has 1 aliphatic rings. The summed E-state index contributed by atoms with van der Waals surface area (Å²) in [6, 6.07) is 7.78. The van der Waals surface area contributed by atoms with Crippen LogP contribution in [0.1, 0.15) is 13.8 Å². The molecule has 0 radical (unpaired) electrons. The highest BCUT2D eigenvalue weighted by Gasteiger charge is 2.25. The number of methoxy groups -OCH3 is 1. The lowest BCUT2D eigenvalue weighted by atomic mass is 10.1. The Bertz CT molecular complexity index is 1050. The zero-order valence-corrected chi connectivity index (χ0v) is 17.5. The number of pyridine rings is 1. The molecular formula is C22H23F2N5O2. The summed E-state index contributed by atoms with van der Waals surface area (Å²) < 4.78 is 38.9. The van der Waals surface area contributed by atoms with Gasteiger partial charge < -0.3 is 19.7 Å². The van der Waals surface area contributed by atoms with E-state index in [1.54, 1.807) is 24.4 Å². The van der Waals surface area contributed by atoms with E-state index in [-0.39, 0.29) is 29.7 Å². The van der Waals surface area contributed by atoms with Gasteiger partial charge in [0.25, 0.3) is 0 Å². The molecule has 0 aliphatic carbocycles. The summed E-state index contributed by atoms with van der Waals surface area (Å²) in [4.78, 5) is 14.8. The number of morpholine rings is 1. The number of aromatic nitrogens is 3. The minimum atomic E-state index is -0.604. The van der Waals surface area contributed by atoms with Crippen LogP contribution in [0, 0.1) is 11.6 Å². The fraction of sp³-hybridized carbons (Fsp3) is 0.318. The number of nitrogens with one attached hydrogen (secondary N) is 1. The topological polar surface area (TPSA) is 72.4 Å². The van der Waals surface area contributed by atoms with Gasteiger partial charge in [-0.3, -0.25) is 0 Å². The second kappa shape index (κ2) is 8.81.